The zero-order valence-corrected chi connectivity index (χ0v) is 10.2. The predicted molar refractivity (Wildman–Crippen MR) is 68.4 cm³/mol. The summed E-state index contributed by atoms with van der Waals surface area (Å²) in [5.41, 5.74) is 2.11. The van der Waals surface area contributed by atoms with Crippen LogP contribution in [0.4, 0.5) is 0 Å². The van der Waals surface area contributed by atoms with Crippen LogP contribution >= 0.6 is 0 Å². The van der Waals surface area contributed by atoms with Gasteiger partial charge >= 0.3 is 0 Å². The minimum absolute atomic E-state index is 0.289. The Bertz CT molecular complexity index is 688. The van der Waals surface area contributed by atoms with Crippen LogP contribution in [0.5, 0.6) is 0 Å². The molecule has 0 aliphatic carbocycles. The number of hydrogen-bond acceptors (Lipinski definition) is 4. The van der Waals surface area contributed by atoms with E-state index in [-0.39, 0.29) is 6.04 Å². The second-order valence-electron chi connectivity index (χ2n) is 4.67. The number of aryl methyl sites for hydroxylation is 1. The van der Waals surface area contributed by atoms with Gasteiger partial charge in [-0.2, -0.15) is 0 Å². The SMILES string of the molecule is c1ccc(C2CCc3nc(-c4cnoc4)nn32)cc1. The van der Waals surface area contributed by atoms with E-state index in [4.69, 9.17) is 4.52 Å². The van der Waals surface area contributed by atoms with Gasteiger partial charge in [0.1, 0.15) is 12.1 Å². The van der Waals surface area contributed by atoms with Crippen molar-refractivity contribution in [2.45, 2.75) is 18.9 Å². The second kappa shape index (κ2) is 4.05. The lowest BCUT2D eigenvalue weighted by atomic mass is 10.1. The summed E-state index contributed by atoms with van der Waals surface area (Å²) >= 11 is 0. The minimum Gasteiger partial charge on any atom is -0.364 e. The summed E-state index contributed by atoms with van der Waals surface area (Å²) in [7, 11) is 0. The van der Waals surface area contributed by atoms with Crippen molar-refractivity contribution >= 4 is 0 Å². The number of aromatic nitrogens is 4. The van der Waals surface area contributed by atoms with Crippen molar-refractivity contribution in [3.8, 4) is 11.4 Å². The second-order valence-corrected chi connectivity index (χ2v) is 4.67. The Labute approximate surface area is 109 Å². The van der Waals surface area contributed by atoms with Crippen molar-refractivity contribution in [1.29, 1.82) is 0 Å². The van der Waals surface area contributed by atoms with Gasteiger partial charge in [0.25, 0.3) is 0 Å². The van der Waals surface area contributed by atoms with Gasteiger partial charge in [0, 0.05) is 6.42 Å². The predicted octanol–water partition coefficient (Wildman–Crippen LogP) is 2.47. The minimum atomic E-state index is 0.289. The zero-order valence-electron chi connectivity index (χ0n) is 10.2. The first-order chi connectivity index (χ1) is 9.42. The van der Waals surface area contributed by atoms with E-state index in [9.17, 15) is 0 Å². The molecule has 0 saturated carbocycles. The summed E-state index contributed by atoms with van der Waals surface area (Å²) in [6, 6.07) is 10.7. The molecule has 0 bridgehead atoms. The summed E-state index contributed by atoms with van der Waals surface area (Å²) in [6.07, 6.45) is 5.23. The van der Waals surface area contributed by atoms with Gasteiger partial charge in [-0.3, -0.25) is 0 Å². The van der Waals surface area contributed by atoms with E-state index in [1.54, 1.807) is 12.5 Å². The topological polar surface area (TPSA) is 56.7 Å². The largest absolute Gasteiger partial charge is 0.364 e. The highest BCUT2D eigenvalue weighted by Crippen LogP contribution is 2.31. The molecular weight excluding hydrogens is 240 g/mol. The van der Waals surface area contributed by atoms with Crippen LogP contribution in [0.2, 0.25) is 0 Å². The van der Waals surface area contributed by atoms with E-state index in [2.05, 4.69) is 39.5 Å². The third kappa shape index (κ3) is 1.66. The molecule has 2 aromatic heterocycles. The lowest BCUT2D eigenvalue weighted by Gasteiger charge is -2.11. The molecule has 5 heteroatoms. The van der Waals surface area contributed by atoms with Gasteiger partial charge in [0.05, 0.1) is 17.8 Å². The highest BCUT2D eigenvalue weighted by Gasteiger charge is 2.27. The molecule has 94 valence electrons. The standard InChI is InChI=1S/C14H12N4O/c1-2-4-10(5-3-1)12-6-7-13-16-14(17-18(12)13)11-8-15-19-9-11/h1-5,8-9,12H,6-7H2. The van der Waals surface area contributed by atoms with Crippen LogP contribution < -0.4 is 0 Å². The van der Waals surface area contributed by atoms with Gasteiger partial charge in [-0.15, -0.1) is 5.10 Å². The third-order valence-corrected chi connectivity index (χ3v) is 3.51. The Kier molecular flexibility index (Phi) is 2.24. The Morgan fingerprint density at radius 1 is 1.21 bits per heavy atom. The molecule has 3 heterocycles. The van der Waals surface area contributed by atoms with Crippen molar-refractivity contribution < 1.29 is 4.52 Å². The van der Waals surface area contributed by atoms with Crippen LogP contribution in [-0.4, -0.2) is 19.9 Å². The average Bonchev–Trinajstić information content (AvgIpc) is 3.15. The molecule has 4 rings (SSSR count). The molecule has 0 N–H and O–H groups in total. The lowest BCUT2D eigenvalue weighted by Crippen LogP contribution is -2.07. The summed E-state index contributed by atoms with van der Waals surface area (Å²) in [5.74, 6) is 1.72. The lowest BCUT2D eigenvalue weighted by molar-refractivity contribution is 0.420. The molecule has 1 aromatic carbocycles. The Hall–Kier alpha value is -2.43. The summed E-state index contributed by atoms with van der Waals surface area (Å²) in [4.78, 5) is 4.56. The molecule has 1 unspecified atom stereocenters. The first-order valence-electron chi connectivity index (χ1n) is 6.32. The van der Waals surface area contributed by atoms with Crippen molar-refractivity contribution in [3.63, 3.8) is 0 Å². The quantitative estimate of drug-likeness (QED) is 0.703. The van der Waals surface area contributed by atoms with E-state index in [0.717, 1.165) is 24.2 Å². The van der Waals surface area contributed by atoms with Gasteiger partial charge in [-0.25, -0.2) is 9.67 Å². The smallest absolute Gasteiger partial charge is 0.186 e. The van der Waals surface area contributed by atoms with E-state index >= 15 is 0 Å². The van der Waals surface area contributed by atoms with Gasteiger partial charge in [0.15, 0.2) is 5.82 Å². The van der Waals surface area contributed by atoms with Crippen LogP contribution in [0.3, 0.4) is 0 Å². The van der Waals surface area contributed by atoms with Crippen LogP contribution in [0.15, 0.2) is 47.3 Å². The first-order valence-corrected chi connectivity index (χ1v) is 6.32. The van der Waals surface area contributed by atoms with Crippen LogP contribution in [0, 0.1) is 0 Å². The fraction of sp³-hybridized carbons (Fsp3) is 0.214. The maximum atomic E-state index is 4.84. The maximum Gasteiger partial charge on any atom is 0.186 e. The van der Waals surface area contributed by atoms with Crippen molar-refractivity contribution in [3.05, 3.63) is 54.2 Å². The van der Waals surface area contributed by atoms with Crippen molar-refractivity contribution in [2.75, 3.05) is 0 Å². The molecular formula is C14H12N4O. The maximum absolute atomic E-state index is 4.84. The van der Waals surface area contributed by atoms with Gasteiger partial charge in [-0.05, 0) is 12.0 Å². The highest BCUT2D eigenvalue weighted by molar-refractivity contribution is 5.50. The molecule has 1 aliphatic heterocycles. The summed E-state index contributed by atoms with van der Waals surface area (Å²) < 4.78 is 6.87. The fourth-order valence-electron chi connectivity index (χ4n) is 2.58. The van der Waals surface area contributed by atoms with Crippen molar-refractivity contribution in [2.24, 2.45) is 0 Å². The van der Waals surface area contributed by atoms with E-state index in [1.807, 2.05) is 10.7 Å². The van der Waals surface area contributed by atoms with Crippen LogP contribution in [0.25, 0.3) is 11.4 Å². The Morgan fingerprint density at radius 3 is 2.89 bits per heavy atom. The fourth-order valence-corrected chi connectivity index (χ4v) is 2.58. The van der Waals surface area contributed by atoms with Gasteiger partial charge in [-0.1, -0.05) is 35.5 Å². The monoisotopic (exact) mass is 252 g/mol. The van der Waals surface area contributed by atoms with Crippen LogP contribution in [-0.2, 0) is 6.42 Å². The third-order valence-electron chi connectivity index (χ3n) is 3.51. The van der Waals surface area contributed by atoms with Gasteiger partial charge in [0.2, 0.25) is 0 Å². The highest BCUT2D eigenvalue weighted by atomic mass is 16.5. The van der Waals surface area contributed by atoms with Gasteiger partial charge < -0.3 is 4.52 Å². The normalized spacial score (nSPS) is 17.6. The molecule has 0 amide bonds. The molecule has 0 spiro atoms. The zero-order chi connectivity index (χ0) is 12.7. The number of hydrogen-bond donors (Lipinski definition) is 0. The number of nitrogens with zero attached hydrogens (tertiary/aromatic N) is 4. The summed E-state index contributed by atoms with van der Waals surface area (Å²) in [6.45, 7) is 0. The first kappa shape index (κ1) is 10.5. The molecule has 5 nitrogen and oxygen atoms in total. The van der Waals surface area contributed by atoms with E-state index in [0.29, 0.717) is 5.82 Å². The molecule has 19 heavy (non-hydrogen) atoms. The molecule has 1 atom stereocenters. The Balaban J connectivity index is 1.75. The van der Waals surface area contributed by atoms with Crippen LogP contribution in [0.1, 0.15) is 23.9 Å². The number of fused-ring (bicyclic) bond motifs is 1. The molecule has 3 aromatic rings. The van der Waals surface area contributed by atoms with E-state index in [1.165, 1.54) is 5.56 Å². The van der Waals surface area contributed by atoms with Crippen molar-refractivity contribution in [1.82, 2.24) is 19.9 Å². The number of rotatable bonds is 2. The summed E-state index contributed by atoms with van der Waals surface area (Å²) in [5, 5.41) is 8.29. The Morgan fingerprint density at radius 2 is 2.11 bits per heavy atom. The molecule has 0 fully saturated rings. The average molecular weight is 252 g/mol. The molecule has 1 aliphatic rings. The molecule has 0 saturated heterocycles. The number of benzene rings is 1. The molecule has 0 radical (unpaired) electrons. The van der Waals surface area contributed by atoms with E-state index < -0.39 is 0 Å².